The number of aromatic nitrogens is 2. The van der Waals surface area contributed by atoms with E-state index in [1.165, 1.54) is 0 Å². The van der Waals surface area contributed by atoms with Gasteiger partial charge < -0.3 is 14.9 Å². The van der Waals surface area contributed by atoms with Crippen molar-refractivity contribution in [1.29, 1.82) is 5.26 Å². The Bertz CT molecular complexity index is 1220. The second-order valence-electron chi connectivity index (χ2n) is 8.99. The van der Waals surface area contributed by atoms with Crippen molar-refractivity contribution in [2.45, 2.75) is 33.3 Å². The van der Waals surface area contributed by atoms with Crippen LogP contribution in [0.15, 0.2) is 42.5 Å². The summed E-state index contributed by atoms with van der Waals surface area (Å²) in [6, 6.07) is 15.7. The topological polar surface area (TPSA) is 93.4 Å². The number of rotatable bonds is 5. The number of aryl methyl sites for hydroxylation is 1. The van der Waals surface area contributed by atoms with Crippen LogP contribution in [0.2, 0.25) is 0 Å². The zero-order valence-corrected chi connectivity index (χ0v) is 19.3. The summed E-state index contributed by atoms with van der Waals surface area (Å²) in [6.07, 6.45) is -0.492. The molecule has 2 heterocycles. The van der Waals surface area contributed by atoms with Gasteiger partial charge in [0.1, 0.15) is 11.9 Å². The molecule has 0 radical (unpaired) electrons. The molecule has 1 aliphatic heterocycles. The maximum Gasteiger partial charge on any atom is 0.251 e. The molecule has 1 N–H and O–H groups in total. The van der Waals surface area contributed by atoms with Crippen LogP contribution in [-0.4, -0.2) is 58.2 Å². The summed E-state index contributed by atoms with van der Waals surface area (Å²) in [4.78, 5) is 26.2. The number of hydrogen-bond acceptors (Lipinski definition) is 6. The minimum atomic E-state index is -0.956. The number of amides is 1. The van der Waals surface area contributed by atoms with Crippen LogP contribution in [0.4, 0.5) is 5.82 Å². The first-order valence-electron chi connectivity index (χ1n) is 11.4. The third-order valence-corrected chi connectivity index (χ3v) is 6.06. The van der Waals surface area contributed by atoms with Gasteiger partial charge in [0.25, 0.3) is 5.91 Å². The molecule has 7 heteroatoms. The number of carbonyl (C=O) groups is 1. The SMILES string of the molecule is Cc1ccccc1-c1nc(N2CCN(C(=O)[C@H](O)CC(C)C)CC2)c2cc(C#N)ccc2n1.[HH]. The molecule has 1 aliphatic rings. The average Bonchev–Trinajstić information content (AvgIpc) is 2.82. The highest BCUT2D eigenvalue weighted by Gasteiger charge is 2.28. The molecule has 0 unspecified atom stereocenters. The van der Waals surface area contributed by atoms with Gasteiger partial charge in [-0.05, 0) is 43.0 Å². The van der Waals surface area contributed by atoms with Gasteiger partial charge in [0.2, 0.25) is 0 Å². The van der Waals surface area contributed by atoms with Crippen LogP contribution in [0.5, 0.6) is 0 Å². The Kier molecular flexibility index (Phi) is 6.57. The van der Waals surface area contributed by atoms with E-state index in [1.54, 1.807) is 11.0 Å². The molecule has 1 atom stereocenters. The van der Waals surface area contributed by atoms with Crippen LogP contribution in [-0.2, 0) is 4.79 Å². The van der Waals surface area contributed by atoms with E-state index in [0.717, 1.165) is 27.8 Å². The normalized spacial score (nSPS) is 15.0. The predicted molar refractivity (Wildman–Crippen MR) is 131 cm³/mol. The third-order valence-electron chi connectivity index (χ3n) is 6.06. The number of nitrogens with zero attached hydrogens (tertiary/aromatic N) is 5. The minimum Gasteiger partial charge on any atom is -0.383 e. The van der Waals surface area contributed by atoms with Gasteiger partial charge in [0.15, 0.2) is 5.82 Å². The molecule has 4 rings (SSSR count). The van der Waals surface area contributed by atoms with E-state index < -0.39 is 6.10 Å². The van der Waals surface area contributed by atoms with E-state index in [-0.39, 0.29) is 13.3 Å². The Labute approximate surface area is 195 Å². The molecular formula is C26H31N5O2. The number of benzene rings is 2. The van der Waals surface area contributed by atoms with Crippen LogP contribution < -0.4 is 4.90 Å². The van der Waals surface area contributed by atoms with Crippen molar-refractivity contribution in [2.24, 2.45) is 5.92 Å². The molecule has 0 saturated carbocycles. The second kappa shape index (κ2) is 9.55. The number of carbonyl (C=O) groups excluding carboxylic acids is 1. The molecule has 1 saturated heterocycles. The van der Waals surface area contributed by atoms with Gasteiger partial charge in [-0.3, -0.25) is 4.79 Å². The molecule has 3 aromatic rings. The average molecular weight is 446 g/mol. The van der Waals surface area contributed by atoms with Crippen molar-refractivity contribution in [3.8, 4) is 17.5 Å². The molecule has 0 aliphatic carbocycles. The lowest BCUT2D eigenvalue weighted by Gasteiger charge is -2.37. The highest BCUT2D eigenvalue weighted by atomic mass is 16.3. The lowest BCUT2D eigenvalue weighted by molar-refractivity contribution is -0.141. The summed E-state index contributed by atoms with van der Waals surface area (Å²) in [6.45, 7) is 8.24. The smallest absolute Gasteiger partial charge is 0.251 e. The van der Waals surface area contributed by atoms with Crippen molar-refractivity contribution in [2.75, 3.05) is 31.1 Å². The Hall–Kier alpha value is -3.50. The molecule has 172 valence electrons. The fourth-order valence-corrected chi connectivity index (χ4v) is 4.26. The number of aliphatic hydroxyl groups is 1. The van der Waals surface area contributed by atoms with E-state index in [9.17, 15) is 15.2 Å². The first-order chi connectivity index (χ1) is 15.9. The van der Waals surface area contributed by atoms with Crippen molar-refractivity contribution >= 4 is 22.6 Å². The lowest BCUT2D eigenvalue weighted by Crippen LogP contribution is -2.52. The summed E-state index contributed by atoms with van der Waals surface area (Å²) in [5, 5.41) is 20.5. The van der Waals surface area contributed by atoms with Gasteiger partial charge in [0.05, 0.1) is 17.1 Å². The Morgan fingerprint density at radius 2 is 1.88 bits per heavy atom. The molecule has 1 fully saturated rings. The zero-order chi connectivity index (χ0) is 23.5. The fraction of sp³-hybridized carbons (Fsp3) is 0.385. The van der Waals surface area contributed by atoms with Gasteiger partial charge in [-0.2, -0.15) is 5.26 Å². The summed E-state index contributed by atoms with van der Waals surface area (Å²) < 4.78 is 0. The molecule has 7 nitrogen and oxygen atoms in total. The van der Waals surface area contributed by atoms with Crippen LogP contribution in [0, 0.1) is 24.2 Å². The standard InChI is InChI=1S/C26H29N5O2.H2/c1-17(2)14-23(32)26(33)31-12-10-30(11-13-31)25-21-15-19(16-27)8-9-22(21)28-24(29-25)20-7-5-4-6-18(20)3;/h4-9,15,17,23,32H,10-14H2,1-3H3;1H/t23-;/m1./s1. The highest BCUT2D eigenvalue weighted by Crippen LogP contribution is 2.30. The monoisotopic (exact) mass is 445 g/mol. The van der Waals surface area contributed by atoms with E-state index in [2.05, 4.69) is 11.0 Å². The van der Waals surface area contributed by atoms with Gasteiger partial charge in [-0.1, -0.05) is 38.1 Å². The van der Waals surface area contributed by atoms with E-state index in [4.69, 9.17) is 9.97 Å². The zero-order valence-electron chi connectivity index (χ0n) is 19.3. The van der Waals surface area contributed by atoms with Gasteiger partial charge in [-0.25, -0.2) is 9.97 Å². The van der Waals surface area contributed by atoms with Crippen LogP contribution in [0.25, 0.3) is 22.3 Å². The Morgan fingerprint density at radius 3 is 2.55 bits per heavy atom. The molecule has 33 heavy (non-hydrogen) atoms. The van der Waals surface area contributed by atoms with Crippen LogP contribution in [0.3, 0.4) is 0 Å². The summed E-state index contributed by atoms with van der Waals surface area (Å²) in [5.41, 5.74) is 3.39. The maximum atomic E-state index is 12.6. The first-order valence-corrected chi connectivity index (χ1v) is 11.4. The molecule has 1 aromatic heterocycles. The maximum absolute atomic E-state index is 12.6. The Morgan fingerprint density at radius 1 is 1.15 bits per heavy atom. The second-order valence-corrected chi connectivity index (χ2v) is 8.99. The van der Waals surface area contributed by atoms with Gasteiger partial charge >= 0.3 is 0 Å². The molecule has 1 amide bonds. The van der Waals surface area contributed by atoms with Crippen molar-refractivity contribution in [3.05, 3.63) is 53.6 Å². The fourth-order valence-electron chi connectivity index (χ4n) is 4.26. The summed E-state index contributed by atoms with van der Waals surface area (Å²) in [7, 11) is 0. The number of nitriles is 1. The first kappa shape index (κ1) is 22.7. The summed E-state index contributed by atoms with van der Waals surface area (Å²) >= 11 is 0. The number of hydrogen-bond donors (Lipinski definition) is 1. The molecular weight excluding hydrogens is 414 g/mol. The van der Waals surface area contributed by atoms with Crippen molar-refractivity contribution < 1.29 is 11.3 Å². The van der Waals surface area contributed by atoms with E-state index >= 15 is 0 Å². The lowest BCUT2D eigenvalue weighted by atomic mass is 10.0. The number of piperazine rings is 1. The van der Waals surface area contributed by atoms with Gasteiger partial charge in [-0.15, -0.1) is 0 Å². The van der Waals surface area contributed by atoms with Gasteiger partial charge in [0, 0.05) is 38.6 Å². The molecule has 0 bridgehead atoms. The number of aliphatic hydroxyl groups excluding tert-OH is 1. The minimum absolute atomic E-state index is 0. The Balaban J connectivity index is 0.00000324. The van der Waals surface area contributed by atoms with Crippen LogP contribution >= 0.6 is 0 Å². The van der Waals surface area contributed by atoms with Crippen molar-refractivity contribution in [1.82, 2.24) is 14.9 Å². The van der Waals surface area contributed by atoms with E-state index in [0.29, 0.717) is 44.0 Å². The van der Waals surface area contributed by atoms with Crippen LogP contribution in [0.1, 0.15) is 32.8 Å². The quantitative estimate of drug-likeness (QED) is 0.642. The number of anilines is 1. The number of fused-ring (bicyclic) bond motifs is 1. The predicted octanol–water partition coefficient (Wildman–Crippen LogP) is 3.78. The molecule has 0 spiro atoms. The summed E-state index contributed by atoms with van der Waals surface area (Å²) in [5.74, 6) is 1.46. The largest absolute Gasteiger partial charge is 0.383 e. The van der Waals surface area contributed by atoms with E-state index in [1.807, 2.05) is 57.2 Å². The molecule has 2 aromatic carbocycles. The third kappa shape index (κ3) is 4.81. The highest BCUT2D eigenvalue weighted by molar-refractivity contribution is 5.92. The van der Waals surface area contributed by atoms with Crippen molar-refractivity contribution in [3.63, 3.8) is 0 Å².